The third-order valence-corrected chi connectivity index (χ3v) is 4.39. The van der Waals surface area contributed by atoms with Crippen LogP contribution < -0.4 is 17.0 Å². The van der Waals surface area contributed by atoms with E-state index in [4.69, 9.17) is 0 Å². The van der Waals surface area contributed by atoms with Crippen molar-refractivity contribution in [2.24, 2.45) is 0 Å². The molecule has 0 aromatic heterocycles. The average molecular weight is 345 g/mol. The molecule has 0 saturated carbocycles. The molecular formula is C12H27Br2N. The molecule has 0 radical (unpaired) electrons. The van der Waals surface area contributed by atoms with Crippen molar-refractivity contribution in [1.29, 1.82) is 0 Å². The zero-order chi connectivity index (χ0) is 11.0. The molecule has 0 aliphatic carbocycles. The van der Waals surface area contributed by atoms with Gasteiger partial charge in [0.05, 0.1) is 25.7 Å². The van der Waals surface area contributed by atoms with Crippen molar-refractivity contribution in [2.75, 3.05) is 25.0 Å². The first-order valence-corrected chi connectivity index (χ1v) is 7.20. The van der Waals surface area contributed by atoms with E-state index in [9.17, 15) is 0 Å². The number of hydrogen-bond acceptors (Lipinski definition) is 0. The first-order chi connectivity index (χ1) is 6.66. The Morgan fingerprint density at radius 3 is 1.80 bits per heavy atom. The van der Waals surface area contributed by atoms with Crippen molar-refractivity contribution in [3.8, 4) is 0 Å². The van der Waals surface area contributed by atoms with Crippen molar-refractivity contribution < 1.29 is 21.5 Å². The molecule has 0 bridgehead atoms. The van der Waals surface area contributed by atoms with Gasteiger partial charge in [-0.1, -0.05) is 15.9 Å². The minimum absolute atomic E-state index is 0. The Bertz CT molecular complexity index is 127. The van der Waals surface area contributed by atoms with E-state index in [0.717, 1.165) is 11.4 Å². The molecule has 15 heavy (non-hydrogen) atoms. The van der Waals surface area contributed by atoms with Gasteiger partial charge in [-0.05, 0) is 47.0 Å². The van der Waals surface area contributed by atoms with E-state index in [1.54, 1.807) is 0 Å². The highest BCUT2D eigenvalue weighted by Gasteiger charge is 2.27. The molecule has 0 fully saturated rings. The van der Waals surface area contributed by atoms with Gasteiger partial charge < -0.3 is 21.5 Å². The summed E-state index contributed by atoms with van der Waals surface area (Å²) >= 11 is 3.50. The molecular weight excluding hydrogens is 318 g/mol. The normalized spacial score (nSPS) is 13.4. The van der Waals surface area contributed by atoms with Crippen LogP contribution in [-0.2, 0) is 0 Å². The zero-order valence-corrected chi connectivity index (χ0v) is 13.9. The smallest absolute Gasteiger partial charge is 0.0861 e. The molecule has 0 aromatic rings. The molecule has 94 valence electrons. The number of rotatable bonds is 8. The number of halogens is 2. The van der Waals surface area contributed by atoms with E-state index in [1.165, 1.54) is 43.4 Å². The Morgan fingerprint density at radius 2 is 1.47 bits per heavy atom. The second-order valence-corrected chi connectivity index (χ2v) is 4.99. The molecule has 1 nitrogen and oxygen atoms in total. The van der Waals surface area contributed by atoms with Crippen LogP contribution in [0.1, 0.15) is 47.0 Å². The standard InChI is InChI=1S/C12H27BrN.BrH/c1-5-14(6-2,7-3)12(4)10-8-9-11-13;/h12H,5-11H2,1-4H3;1H/q+1;/p-1. The average Bonchev–Trinajstić information content (AvgIpc) is 2.22. The van der Waals surface area contributed by atoms with Crippen molar-refractivity contribution in [1.82, 2.24) is 0 Å². The Hall–Kier alpha value is 0.920. The van der Waals surface area contributed by atoms with Gasteiger partial charge >= 0.3 is 0 Å². The number of quaternary nitrogens is 1. The lowest BCUT2D eigenvalue weighted by Gasteiger charge is -2.41. The van der Waals surface area contributed by atoms with Gasteiger partial charge in [0, 0.05) is 5.33 Å². The predicted octanol–water partition coefficient (Wildman–Crippen LogP) is 0.821. The van der Waals surface area contributed by atoms with Gasteiger partial charge in [0.15, 0.2) is 0 Å². The lowest BCUT2D eigenvalue weighted by molar-refractivity contribution is -0.945. The Kier molecular flexibility index (Phi) is 12.3. The summed E-state index contributed by atoms with van der Waals surface area (Å²) in [6.45, 7) is 13.2. The minimum Gasteiger partial charge on any atom is -1.00 e. The number of unbranched alkanes of at least 4 members (excludes halogenated alkanes) is 1. The van der Waals surface area contributed by atoms with Crippen molar-refractivity contribution in [3.05, 3.63) is 0 Å². The van der Waals surface area contributed by atoms with E-state index in [-0.39, 0.29) is 17.0 Å². The molecule has 0 aliphatic heterocycles. The molecule has 0 spiro atoms. The largest absolute Gasteiger partial charge is 1.00 e. The molecule has 1 atom stereocenters. The van der Waals surface area contributed by atoms with Gasteiger partial charge in [0.25, 0.3) is 0 Å². The fraction of sp³-hybridized carbons (Fsp3) is 1.00. The summed E-state index contributed by atoms with van der Waals surface area (Å²) in [7, 11) is 0. The molecule has 0 N–H and O–H groups in total. The van der Waals surface area contributed by atoms with Crippen LogP contribution in [0, 0.1) is 0 Å². The first-order valence-electron chi connectivity index (χ1n) is 6.08. The van der Waals surface area contributed by atoms with Crippen LogP contribution >= 0.6 is 15.9 Å². The van der Waals surface area contributed by atoms with Crippen molar-refractivity contribution >= 4 is 15.9 Å². The summed E-state index contributed by atoms with van der Waals surface area (Å²) in [4.78, 5) is 0. The van der Waals surface area contributed by atoms with Crippen molar-refractivity contribution in [2.45, 2.75) is 53.0 Å². The van der Waals surface area contributed by atoms with Gasteiger partial charge in [-0.2, -0.15) is 0 Å². The number of nitrogens with zero attached hydrogens (tertiary/aromatic N) is 1. The second kappa shape index (κ2) is 10.1. The van der Waals surface area contributed by atoms with E-state index >= 15 is 0 Å². The molecule has 0 aromatic carbocycles. The summed E-state index contributed by atoms with van der Waals surface area (Å²) in [5.41, 5.74) is 0. The van der Waals surface area contributed by atoms with Gasteiger partial charge in [-0.3, -0.25) is 0 Å². The summed E-state index contributed by atoms with van der Waals surface area (Å²) in [6.07, 6.45) is 4.06. The van der Waals surface area contributed by atoms with Crippen LogP contribution in [0.5, 0.6) is 0 Å². The van der Waals surface area contributed by atoms with Crippen LogP contribution in [0.25, 0.3) is 0 Å². The predicted molar refractivity (Wildman–Crippen MR) is 69.0 cm³/mol. The lowest BCUT2D eigenvalue weighted by Crippen LogP contribution is -3.00. The van der Waals surface area contributed by atoms with Gasteiger partial charge in [0.2, 0.25) is 0 Å². The topological polar surface area (TPSA) is 0 Å². The van der Waals surface area contributed by atoms with Crippen LogP contribution in [0.4, 0.5) is 0 Å². The maximum atomic E-state index is 3.50. The maximum absolute atomic E-state index is 3.50. The number of alkyl halides is 1. The quantitative estimate of drug-likeness (QED) is 0.347. The van der Waals surface area contributed by atoms with Crippen LogP contribution in [-0.4, -0.2) is 35.5 Å². The highest BCUT2D eigenvalue weighted by atomic mass is 79.9. The molecule has 1 unspecified atom stereocenters. The third kappa shape index (κ3) is 5.69. The molecule has 0 saturated heterocycles. The van der Waals surface area contributed by atoms with Gasteiger partial charge in [-0.15, -0.1) is 0 Å². The maximum Gasteiger partial charge on any atom is 0.0861 e. The monoisotopic (exact) mass is 343 g/mol. The van der Waals surface area contributed by atoms with E-state index in [0.29, 0.717) is 0 Å². The Morgan fingerprint density at radius 1 is 1.00 bits per heavy atom. The zero-order valence-electron chi connectivity index (χ0n) is 10.7. The van der Waals surface area contributed by atoms with E-state index in [1.807, 2.05) is 0 Å². The molecule has 3 heteroatoms. The molecule has 0 aliphatic rings. The summed E-state index contributed by atoms with van der Waals surface area (Å²) in [6, 6.07) is 0.828. The Labute approximate surface area is 115 Å². The molecule has 0 rings (SSSR count). The minimum atomic E-state index is 0. The van der Waals surface area contributed by atoms with E-state index < -0.39 is 0 Å². The number of hydrogen-bond donors (Lipinski definition) is 0. The van der Waals surface area contributed by atoms with Crippen LogP contribution in [0.2, 0.25) is 0 Å². The first kappa shape index (κ1) is 18.3. The van der Waals surface area contributed by atoms with Crippen LogP contribution in [0.3, 0.4) is 0 Å². The highest BCUT2D eigenvalue weighted by molar-refractivity contribution is 9.09. The van der Waals surface area contributed by atoms with Gasteiger partial charge in [-0.25, -0.2) is 0 Å². The second-order valence-electron chi connectivity index (χ2n) is 4.20. The summed E-state index contributed by atoms with van der Waals surface area (Å²) in [5.74, 6) is 0. The highest BCUT2D eigenvalue weighted by Crippen LogP contribution is 2.18. The fourth-order valence-electron chi connectivity index (χ4n) is 2.41. The fourth-order valence-corrected chi connectivity index (χ4v) is 2.81. The SMILES string of the molecule is CC[N+](CC)(CC)C(C)CCCCBr.[Br-]. The van der Waals surface area contributed by atoms with E-state index in [2.05, 4.69) is 43.6 Å². The summed E-state index contributed by atoms with van der Waals surface area (Å²) < 4.78 is 1.29. The molecule has 0 amide bonds. The third-order valence-electron chi connectivity index (χ3n) is 3.83. The van der Waals surface area contributed by atoms with Gasteiger partial charge in [0.1, 0.15) is 0 Å². The lowest BCUT2D eigenvalue weighted by atomic mass is 10.1. The molecule has 0 heterocycles. The Balaban J connectivity index is 0. The van der Waals surface area contributed by atoms with Crippen molar-refractivity contribution in [3.63, 3.8) is 0 Å². The van der Waals surface area contributed by atoms with Crippen LogP contribution in [0.15, 0.2) is 0 Å². The summed E-state index contributed by atoms with van der Waals surface area (Å²) in [5, 5.41) is 1.16.